The molecule has 82 valence electrons. The molecule has 0 aliphatic rings. The molecule has 0 aliphatic carbocycles. The largest absolute Gasteiger partial charge is 0.342 e. The van der Waals surface area contributed by atoms with Crippen molar-refractivity contribution in [3.63, 3.8) is 0 Å². The van der Waals surface area contributed by atoms with Crippen LogP contribution >= 0.6 is 0 Å². The number of likely N-dealkylation sites (N-methyl/N-ethyl adjacent to an activating group) is 1. The minimum atomic E-state index is 0.0114. The van der Waals surface area contributed by atoms with E-state index in [0.29, 0.717) is 5.41 Å². The Bertz CT molecular complexity index is 196. The quantitative estimate of drug-likeness (QED) is 0.600. The summed E-state index contributed by atoms with van der Waals surface area (Å²) in [5.41, 5.74) is 0.338. The first kappa shape index (κ1) is 13.2. The van der Waals surface area contributed by atoms with Crippen molar-refractivity contribution >= 4 is 5.91 Å². The summed E-state index contributed by atoms with van der Waals surface area (Å²) in [6.45, 7) is 11.0. The third-order valence-corrected chi connectivity index (χ3v) is 2.60. The summed E-state index contributed by atoms with van der Waals surface area (Å²) in [5, 5.41) is 0. The molecule has 0 saturated heterocycles. The lowest BCUT2D eigenvalue weighted by molar-refractivity contribution is -0.125. The molecule has 0 rings (SSSR count). The zero-order valence-electron chi connectivity index (χ0n) is 9.97. The first-order chi connectivity index (χ1) is 6.43. The van der Waals surface area contributed by atoms with Crippen LogP contribution in [0.5, 0.6) is 0 Å². The Hall–Kier alpha value is -0.790. The van der Waals surface area contributed by atoms with Crippen molar-refractivity contribution in [2.75, 3.05) is 13.6 Å². The summed E-state index contributed by atoms with van der Waals surface area (Å²) < 4.78 is 0. The number of nitrogens with zero attached hydrogens (tertiary/aromatic N) is 1. The van der Waals surface area contributed by atoms with Gasteiger partial charge in [0.1, 0.15) is 0 Å². The highest BCUT2D eigenvalue weighted by atomic mass is 16.2. The highest BCUT2D eigenvalue weighted by molar-refractivity contribution is 5.86. The molecule has 0 aliphatic heterocycles. The first-order valence-corrected chi connectivity index (χ1v) is 5.30. The van der Waals surface area contributed by atoms with Gasteiger partial charge >= 0.3 is 0 Å². The van der Waals surface area contributed by atoms with E-state index in [0.717, 1.165) is 13.0 Å². The minimum absolute atomic E-state index is 0.0114. The van der Waals surface area contributed by atoms with Gasteiger partial charge in [0.15, 0.2) is 0 Å². The third kappa shape index (κ3) is 5.05. The number of carbonyl (C=O) groups excluding carboxylic acids is 1. The standard InChI is InChI=1S/C12H23NO/c1-6-8-12(3,4)9-10-13(5)11(14)7-2/h7H,2,6,8-10H2,1,3-5H3. The molecule has 0 fully saturated rings. The molecular formula is C12H23NO. The van der Waals surface area contributed by atoms with Crippen LogP contribution in [0.3, 0.4) is 0 Å². The molecule has 0 spiro atoms. The summed E-state index contributed by atoms with van der Waals surface area (Å²) >= 11 is 0. The van der Waals surface area contributed by atoms with Crippen molar-refractivity contribution in [3.05, 3.63) is 12.7 Å². The third-order valence-electron chi connectivity index (χ3n) is 2.60. The van der Waals surface area contributed by atoms with E-state index in [4.69, 9.17) is 0 Å². The van der Waals surface area contributed by atoms with Gasteiger partial charge in [0.2, 0.25) is 5.91 Å². The lowest BCUT2D eigenvalue weighted by atomic mass is 9.84. The molecule has 0 aromatic carbocycles. The molecule has 1 amide bonds. The van der Waals surface area contributed by atoms with E-state index in [-0.39, 0.29) is 5.91 Å². The van der Waals surface area contributed by atoms with Gasteiger partial charge in [-0.05, 0) is 24.3 Å². The van der Waals surface area contributed by atoms with E-state index >= 15 is 0 Å². The molecule has 14 heavy (non-hydrogen) atoms. The van der Waals surface area contributed by atoms with E-state index in [9.17, 15) is 4.79 Å². The summed E-state index contributed by atoms with van der Waals surface area (Å²) in [4.78, 5) is 12.9. The molecule has 0 heterocycles. The lowest BCUT2D eigenvalue weighted by Crippen LogP contribution is -2.29. The zero-order chi connectivity index (χ0) is 11.2. The van der Waals surface area contributed by atoms with Gasteiger partial charge in [-0.25, -0.2) is 0 Å². The fraction of sp³-hybridized carbons (Fsp3) is 0.750. The molecule has 0 radical (unpaired) electrons. The number of amides is 1. The summed E-state index contributed by atoms with van der Waals surface area (Å²) in [6.07, 6.45) is 4.83. The zero-order valence-corrected chi connectivity index (χ0v) is 9.97. The van der Waals surface area contributed by atoms with Crippen LogP contribution in [0.1, 0.15) is 40.0 Å². The monoisotopic (exact) mass is 197 g/mol. The fourth-order valence-corrected chi connectivity index (χ4v) is 1.54. The molecule has 0 unspecified atom stereocenters. The van der Waals surface area contributed by atoms with Crippen molar-refractivity contribution in [1.82, 2.24) is 4.90 Å². The Kier molecular flexibility index (Phi) is 5.51. The van der Waals surface area contributed by atoms with Crippen LogP contribution in [0.15, 0.2) is 12.7 Å². The van der Waals surface area contributed by atoms with Crippen LogP contribution < -0.4 is 0 Å². The smallest absolute Gasteiger partial charge is 0.245 e. The van der Waals surface area contributed by atoms with E-state index in [2.05, 4.69) is 27.4 Å². The minimum Gasteiger partial charge on any atom is -0.342 e. The second kappa shape index (κ2) is 5.84. The molecule has 0 saturated carbocycles. The Morgan fingerprint density at radius 3 is 2.43 bits per heavy atom. The van der Waals surface area contributed by atoms with Crippen molar-refractivity contribution in [3.8, 4) is 0 Å². The summed E-state index contributed by atoms with van der Waals surface area (Å²) in [5.74, 6) is 0.0114. The first-order valence-electron chi connectivity index (χ1n) is 5.30. The summed E-state index contributed by atoms with van der Waals surface area (Å²) in [6, 6.07) is 0. The van der Waals surface area contributed by atoms with Gasteiger partial charge in [0, 0.05) is 13.6 Å². The number of carbonyl (C=O) groups is 1. The van der Waals surface area contributed by atoms with Gasteiger partial charge < -0.3 is 4.90 Å². The molecule has 0 atom stereocenters. The normalized spacial score (nSPS) is 11.1. The predicted octanol–water partition coefficient (Wildman–Crippen LogP) is 2.85. The average molecular weight is 197 g/mol. The molecule has 0 N–H and O–H groups in total. The topological polar surface area (TPSA) is 20.3 Å². The van der Waals surface area contributed by atoms with Gasteiger partial charge in [0.05, 0.1) is 0 Å². The van der Waals surface area contributed by atoms with Gasteiger partial charge in [0.25, 0.3) is 0 Å². The van der Waals surface area contributed by atoms with Crippen molar-refractivity contribution in [2.45, 2.75) is 40.0 Å². The van der Waals surface area contributed by atoms with Crippen molar-refractivity contribution < 1.29 is 4.79 Å². The number of rotatable bonds is 6. The van der Waals surface area contributed by atoms with E-state index in [1.54, 1.807) is 4.90 Å². The van der Waals surface area contributed by atoms with E-state index in [1.807, 2.05) is 7.05 Å². The molecule has 0 aromatic heterocycles. The molecule has 0 bridgehead atoms. The van der Waals surface area contributed by atoms with Gasteiger partial charge in [-0.3, -0.25) is 4.79 Å². The molecule has 2 nitrogen and oxygen atoms in total. The van der Waals surface area contributed by atoms with Crippen LogP contribution in [0.25, 0.3) is 0 Å². The highest BCUT2D eigenvalue weighted by Crippen LogP contribution is 2.26. The molecule has 2 heteroatoms. The maximum Gasteiger partial charge on any atom is 0.245 e. The van der Waals surface area contributed by atoms with Crippen molar-refractivity contribution in [1.29, 1.82) is 0 Å². The molecular weight excluding hydrogens is 174 g/mol. The SMILES string of the molecule is C=CC(=O)N(C)CCC(C)(C)CCC. The van der Waals surface area contributed by atoms with Crippen molar-refractivity contribution in [2.24, 2.45) is 5.41 Å². The van der Waals surface area contributed by atoms with Gasteiger partial charge in [-0.1, -0.05) is 33.8 Å². The maximum absolute atomic E-state index is 11.2. The Morgan fingerprint density at radius 2 is 2.00 bits per heavy atom. The van der Waals surface area contributed by atoms with Crippen LogP contribution in [0, 0.1) is 5.41 Å². The number of hydrogen-bond acceptors (Lipinski definition) is 1. The van der Waals surface area contributed by atoms with Crippen LogP contribution in [0.2, 0.25) is 0 Å². The molecule has 0 aromatic rings. The fourth-order valence-electron chi connectivity index (χ4n) is 1.54. The second-order valence-electron chi connectivity index (χ2n) is 4.63. The Morgan fingerprint density at radius 1 is 1.43 bits per heavy atom. The van der Waals surface area contributed by atoms with E-state index < -0.39 is 0 Å². The van der Waals surface area contributed by atoms with Crippen LogP contribution in [-0.2, 0) is 4.79 Å². The second-order valence-corrected chi connectivity index (χ2v) is 4.63. The maximum atomic E-state index is 11.2. The average Bonchev–Trinajstić information content (AvgIpc) is 2.13. The summed E-state index contributed by atoms with van der Waals surface area (Å²) in [7, 11) is 1.83. The lowest BCUT2D eigenvalue weighted by Gasteiger charge is -2.26. The van der Waals surface area contributed by atoms with E-state index in [1.165, 1.54) is 18.9 Å². The predicted molar refractivity (Wildman–Crippen MR) is 61.1 cm³/mol. The van der Waals surface area contributed by atoms with Crippen LogP contribution in [0.4, 0.5) is 0 Å². The highest BCUT2D eigenvalue weighted by Gasteiger charge is 2.17. The van der Waals surface area contributed by atoms with Gasteiger partial charge in [-0.15, -0.1) is 0 Å². The van der Waals surface area contributed by atoms with Crippen LogP contribution in [-0.4, -0.2) is 24.4 Å². The Labute approximate surface area is 88.0 Å². The van der Waals surface area contributed by atoms with Gasteiger partial charge in [-0.2, -0.15) is 0 Å². The number of hydrogen-bond donors (Lipinski definition) is 0. The Balaban J connectivity index is 3.92.